The largest absolute Gasteiger partial charge is 0.460 e. The number of pyridine rings is 2. The molecule has 2 rings (SSSR count). The molecule has 2 aromatic heterocycles. The van der Waals surface area contributed by atoms with Crippen molar-refractivity contribution in [2.24, 2.45) is 10.8 Å². The van der Waals surface area contributed by atoms with E-state index in [0.29, 0.717) is 0 Å². The maximum Gasteiger partial charge on any atom is 0.379 e. The highest BCUT2D eigenvalue weighted by atomic mass is 16.5. The summed E-state index contributed by atoms with van der Waals surface area (Å²) < 4.78 is 4.66. The number of anilines is 2. The molecule has 9 heteroatoms. The second kappa shape index (κ2) is 11.8. The summed E-state index contributed by atoms with van der Waals surface area (Å²) in [5, 5.41) is 5.38. The lowest BCUT2D eigenvalue weighted by molar-refractivity contribution is -0.137. The minimum atomic E-state index is -0.954. The van der Waals surface area contributed by atoms with Crippen LogP contribution in [-0.4, -0.2) is 40.1 Å². The summed E-state index contributed by atoms with van der Waals surface area (Å²) in [5.74, 6) is -2.03. The minimum absolute atomic E-state index is 0.000463. The molecule has 2 N–H and O–H groups in total. The molecule has 33 heavy (non-hydrogen) atoms. The average Bonchev–Trinajstić information content (AvgIpc) is 2.73. The molecule has 0 aliphatic carbocycles. The van der Waals surface area contributed by atoms with E-state index in [1.807, 2.05) is 26.8 Å². The van der Waals surface area contributed by atoms with Crippen molar-refractivity contribution in [3.63, 3.8) is 0 Å². The summed E-state index contributed by atoms with van der Waals surface area (Å²) in [7, 11) is 0. The molecule has 0 aliphatic heterocycles. The highest BCUT2D eigenvalue weighted by molar-refractivity contribution is 6.42. The number of hydrogen-bond acceptors (Lipinski definition) is 7. The van der Waals surface area contributed by atoms with Gasteiger partial charge in [0, 0.05) is 23.2 Å². The van der Waals surface area contributed by atoms with Gasteiger partial charge in [-0.2, -0.15) is 0 Å². The molecule has 0 saturated carbocycles. The van der Waals surface area contributed by atoms with Crippen LogP contribution in [-0.2, 0) is 19.1 Å². The Kier molecular flexibility index (Phi) is 9.84. The van der Waals surface area contributed by atoms with Crippen LogP contribution < -0.4 is 10.6 Å². The third-order valence-electron chi connectivity index (χ3n) is 4.06. The zero-order chi connectivity index (χ0) is 25.2. The fourth-order valence-corrected chi connectivity index (χ4v) is 2.06. The van der Waals surface area contributed by atoms with Crippen LogP contribution in [0.3, 0.4) is 0 Å². The van der Waals surface area contributed by atoms with Crippen molar-refractivity contribution in [3.8, 4) is 0 Å². The van der Waals surface area contributed by atoms with Gasteiger partial charge in [-0.3, -0.25) is 24.4 Å². The number of ether oxygens (including phenoxy) is 1. The maximum atomic E-state index is 11.9. The third-order valence-corrected chi connectivity index (χ3v) is 4.06. The Balaban J connectivity index is 0.000000361. The standard InChI is InChI=1S/C14H18N2O4.C10H14N2O/c1-5-20-12(18)11(17)9-6-7-15-8-10(9)16-13(19)14(2,3)4;1-10(2,3)9(13)12-8-5-4-6-11-7-8/h6-8H,5H2,1-4H3,(H,16,19);4-7H,1-3H3,(H,12,13). The second-order valence-electron chi connectivity index (χ2n) is 9.12. The van der Waals surface area contributed by atoms with Crippen molar-refractivity contribution in [1.82, 2.24) is 9.97 Å². The van der Waals surface area contributed by atoms with E-state index in [0.717, 1.165) is 5.69 Å². The van der Waals surface area contributed by atoms with E-state index < -0.39 is 17.2 Å². The Labute approximate surface area is 194 Å². The maximum absolute atomic E-state index is 11.9. The monoisotopic (exact) mass is 456 g/mol. The van der Waals surface area contributed by atoms with Crippen molar-refractivity contribution >= 4 is 34.9 Å². The molecular weight excluding hydrogens is 424 g/mol. The summed E-state index contributed by atoms with van der Waals surface area (Å²) in [4.78, 5) is 54.6. The van der Waals surface area contributed by atoms with Gasteiger partial charge in [0.2, 0.25) is 11.8 Å². The molecule has 0 aromatic carbocycles. The van der Waals surface area contributed by atoms with Gasteiger partial charge in [-0.1, -0.05) is 41.5 Å². The molecule has 0 aliphatic rings. The molecule has 2 amide bonds. The van der Waals surface area contributed by atoms with Crippen molar-refractivity contribution in [1.29, 1.82) is 0 Å². The van der Waals surface area contributed by atoms with Crippen LogP contribution >= 0.6 is 0 Å². The number of amides is 2. The molecule has 0 radical (unpaired) electrons. The molecule has 0 bridgehead atoms. The summed E-state index contributed by atoms with van der Waals surface area (Å²) in [6.45, 7) is 12.6. The normalized spacial score (nSPS) is 10.9. The lowest BCUT2D eigenvalue weighted by Crippen LogP contribution is -2.29. The topological polar surface area (TPSA) is 127 Å². The predicted octanol–water partition coefficient (Wildman–Crippen LogP) is 3.88. The van der Waals surface area contributed by atoms with Crippen molar-refractivity contribution in [3.05, 3.63) is 48.5 Å². The van der Waals surface area contributed by atoms with Gasteiger partial charge in [0.05, 0.1) is 35.9 Å². The number of ketones is 1. The molecule has 0 saturated heterocycles. The van der Waals surface area contributed by atoms with Crippen LogP contribution in [0, 0.1) is 10.8 Å². The second-order valence-corrected chi connectivity index (χ2v) is 9.12. The van der Waals surface area contributed by atoms with Crippen LogP contribution in [0.25, 0.3) is 0 Å². The highest BCUT2D eigenvalue weighted by Gasteiger charge is 2.26. The molecule has 2 aromatic rings. The van der Waals surface area contributed by atoms with Gasteiger partial charge >= 0.3 is 5.97 Å². The first kappa shape index (κ1) is 27.4. The average molecular weight is 457 g/mol. The van der Waals surface area contributed by atoms with E-state index >= 15 is 0 Å². The summed E-state index contributed by atoms with van der Waals surface area (Å²) in [6, 6.07) is 4.98. The van der Waals surface area contributed by atoms with E-state index in [1.165, 1.54) is 18.5 Å². The fourth-order valence-electron chi connectivity index (χ4n) is 2.06. The van der Waals surface area contributed by atoms with Crippen LogP contribution in [0.4, 0.5) is 11.4 Å². The number of carbonyl (C=O) groups excluding carboxylic acids is 4. The minimum Gasteiger partial charge on any atom is -0.460 e. The van der Waals surface area contributed by atoms with Gasteiger partial charge < -0.3 is 15.4 Å². The quantitative estimate of drug-likeness (QED) is 0.397. The summed E-state index contributed by atoms with van der Waals surface area (Å²) in [6.07, 6.45) is 6.01. The van der Waals surface area contributed by atoms with E-state index in [2.05, 4.69) is 25.3 Å². The Hall–Kier alpha value is -3.62. The number of nitrogens with one attached hydrogen (secondary N) is 2. The fraction of sp³-hybridized carbons (Fsp3) is 0.417. The van der Waals surface area contributed by atoms with Crippen molar-refractivity contribution < 1.29 is 23.9 Å². The molecule has 0 unspecified atom stereocenters. The van der Waals surface area contributed by atoms with Gasteiger partial charge in [-0.05, 0) is 25.1 Å². The Morgan fingerprint density at radius 1 is 0.848 bits per heavy atom. The molecule has 0 fully saturated rings. The smallest absolute Gasteiger partial charge is 0.379 e. The number of Topliss-reactive ketones (excluding diaryl/α,β-unsaturated/α-hetero) is 1. The lowest BCUT2D eigenvalue weighted by Gasteiger charge is -2.18. The number of carbonyl (C=O) groups is 4. The Morgan fingerprint density at radius 2 is 1.42 bits per heavy atom. The zero-order valence-electron chi connectivity index (χ0n) is 20.2. The first-order valence-corrected chi connectivity index (χ1v) is 10.5. The van der Waals surface area contributed by atoms with Gasteiger partial charge in [-0.25, -0.2) is 4.79 Å². The first-order valence-electron chi connectivity index (χ1n) is 10.5. The third kappa shape index (κ3) is 9.18. The van der Waals surface area contributed by atoms with E-state index in [4.69, 9.17) is 0 Å². The zero-order valence-corrected chi connectivity index (χ0v) is 20.2. The Bertz CT molecular complexity index is 976. The predicted molar refractivity (Wildman–Crippen MR) is 126 cm³/mol. The molecule has 9 nitrogen and oxygen atoms in total. The highest BCUT2D eigenvalue weighted by Crippen LogP contribution is 2.20. The summed E-state index contributed by atoms with van der Waals surface area (Å²) in [5.41, 5.74) is 0.0135. The van der Waals surface area contributed by atoms with E-state index in [9.17, 15) is 19.2 Å². The first-order chi connectivity index (χ1) is 15.3. The molecule has 0 atom stereocenters. The molecule has 178 valence electrons. The molecule has 0 spiro atoms. The molecule has 2 heterocycles. The molecular formula is C24H32N4O5. The number of rotatable bonds is 5. The summed E-state index contributed by atoms with van der Waals surface area (Å²) >= 11 is 0. The lowest BCUT2D eigenvalue weighted by atomic mass is 9.95. The van der Waals surface area contributed by atoms with Crippen molar-refractivity contribution in [2.45, 2.75) is 48.5 Å². The van der Waals surface area contributed by atoms with E-state index in [1.54, 1.807) is 46.2 Å². The van der Waals surface area contributed by atoms with Crippen LogP contribution in [0.1, 0.15) is 58.8 Å². The van der Waals surface area contributed by atoms with E-state index in [-0.39, 0.29) is 35.1 Å². The van der Waals surface area contributed by atoms with Crippen LogP contribution in [0.15, 0.2) is 43.0 Å². The van der Waals surface area contributed by atoms with Crippen LogP contribution in [0.2, 0.25) is 0 Å². The number of aromatic nitrogens is 2. The van der Waals surface area contributed by atoms with Gasteiger partial charge in [0.1, 0.15) is 0 Å². The van der Waals surface area contributed by atoms with Crippen LogP contribution in [0.5, 0.6) is 0 Å². The number of nitrogens with zero attached hydrogens (tertiary/aromatic N) is 2. The number of hydrogen-bond donors (Lipinski definition) is 2. The van der Waals surface area contributed by atoms with Crippen molar-refractivity contribution in [2.75, 3.05) is 17.2 Å². The van der Waals surface area contributed by atoms with Gasteiger partial charge in [-0.15, -0.1) is 0 Å². The number of esters is 1. The Morgan fingerprint density at radius 3 is 1.94 bits per heavy atom. The SMILES string of the molecule is CC(C)(C)C(=O)Nc1cccnc1.CCOC(=O)C(=O)c1ccncc1NC(=O)C(C)(C)C. The van der Waals surface area contributed by atoms with Gasteiger partial charge in [0.15, 0.2) is 0 Å². The van der Waals surface area contributed by atoms with Gasteiger partial charge in [0.25, 0.3) is 5.78 Å².